The standard InChI is InChI=1S/C12H19N3/c1-9(2)11-6-5-10(3)15(11)12-13-7-4-8-14-12/h4,7-11H,5-6H2,1-3H3. The van der Waals surface area contributed by atoms with E-state index in [2.05, 4.69) is 35.6 Å². The lowest BCUT2D eigenvalue weighted by molar-refractivity contribution is 0.479. The fraction of sp³-hybridized carbons (Fsp3) is 0.667. The Morgan fingerprint density at radius 1 is 1.27 bits per heavy atom. The predicted molar refractivity (Wildman–Crippen MR) is 61.8 cm³/mol. The highest BCUT2D eigenvalue weighted by Crippen LogP contribution is 2.31. The van der Waals surface area contributed by atoms with Gasteiger partial charge in [-0.2, -0.15) is 0 Å². The van der Waals surface area contributed by atoms with Gasteiger partial charge >= 0.3 is 0 Å². The van der Waals surface area contributed by atoms with Gasteiger partial charge < -0.3 is 4.90 Å². The molecule has 15 heavy (non-hydrogen) atoms. The molecule has 1 aliphatic heterocycles. The number of hydrogen-bond donors (Lipinski definition) is 0. The summed E-state index contributed by atoms with van der Waals surface area (Å²) in [6.07, 6.45) is 6.16. The lowest BCUT2D eigenvalue weighted by atomic mass is 10.0. The van der Waals surface area contributed by atoms with E-state index in [4.69, 9.17) is 0 Å². The van der Waals surface area contributed by atoms with E-state index < -0.39 is 0 Å². The van der Waals surface area contributed by atoms with Gasteiger partial charge in [-0.25, -0.2) is 9.97 Å². The van der Waals surface area contributed by atoms with Crippen LogP contribution >= 0.6 is 0 Å². The molecule has 1 aliphatic rings. The molecule has 0 radical (unpaired) electrons. The average molecular weight is 205 g/mol. The Hall–Kier alpha value is -1.12. The van der Waals surface area contributed by atoms with Crippen molar-refractivity contribution < 1.29 is 0 Å². The third kappa shape index (κ3) is 1.96. The van der Waals surface area contributed by atoms with Crippen molar-refractivity contribution in [3.63, 3.8) is 0 Å². The van der Waals surface area contributed by atoms with Crippen molar-refractivity contribution in [1.29, 1.82) is 0 Å². The molecule has 2 heterocycles. The molecule has 0 aliphatic carbocycles. The van der Waals surface area contributed by atoms with Gasteiger partial charge in [0.1, 0.15) is 0 Å². The molecule has 3 heteroatoms. The lowest BCUT2D eigenvalue weighted by Crippen LogP contribution is -2.38. The van der Waals surface area contributed by atoms with Gasteiger partial charge in [-0.15, -0.1) is 0 Å². The zero-order valence-electron chi connectivity index (χ0n) is 9.72. The van der Waals surface area contributed by atoms with Crippen LogP contribution in [-0.4, -0.2) is 22.1 Å². The highest BCUT2D eigenvalue weighted by Gasteiger charge is 2.33. The number of nitrogens with zero attached hydrogens (tertiary/aromatic N) is 3. The van der Waals surface area contributed by atoms with Crippen molar-refractivity contribution in [3.05, 3.63) is 18.5 Å². The van der Waals surface area contributed by atoms with Crippen LogP contribution in [0.25, 0.3) is 0 Å². The van der Waals surface area contributed by atoms with E-state index in [1.807, 2.05) is 18.5 Å². The second kappa shape index (κ2) is 4.17. The van der Waals surface area contributed by atoms with E-state index in [-0.39, 0.29) is 0 Å². The Morgan fingerprint density at radius 3 is 2.53 bits per heavy atom. The third-order valence-electron chi connectivity index (χ3n) is 3.27. The van der Waals surface area contributed by atoms with Crippen LogP contribution < -0.4 is 4.90 Å². The first kappa shape index (κ1) is 10.4. The summed E-state index contributed by atoms with van der Waals surface area (Å²) in [6, 6.07) is 3.04. The van der Waals surface area contributed by atoms with Crippen LogP contribution in [0.5, 0.6) is 0 Å². The molecule has 1 aromatic heterocycles. The molecule has 82 valence electrons. The van der Waals surface area contributed by atoms with Crippen LogP contribution in [0.15, 0.2) is 18.5 Å². The van der Waals surface area contributed by atoms with Crippen molar-refractivity contribution in [2.75, 3.05) is 4.90 Å². The van der Waals surface area contributed by atoms with Gasteiger partial charge in [-0.3, -0.25) is 0 Å². The number of aromatic nitrogens is 2. The zero-order valence-corrected chi connectivity index (χ0v) is 9.72. The van der Waals surface area contributed by atoms with Gasteiger partial charge in [0.05, 0.1) is 0 Å². The quantitative estimate of drug-likeness (QED) is 0.742. The van der Waals surface area contributed by atoms with Crippen LogP contribution in [0.1, 0.15) is 33.6 Å². The Labute approximate surface area is 91.5 Å². The van der Waals surface area contributed by atoms with E-state index in [9.17, 15) is 0 Å². The lowest BCUT2D eigenvalue weighted by Gasteiger charge is -2.30. The highest BCUT2D eigenvalue weighted by molar-refractivity contribution is 5.34. The number of anilines is 1. The SMILES string of the molecule is CC(C)C1CCC(C)N1c1ncccn1. The smallest absolute Gasteiger partial charge is 0.225 e. The minimum atomic E-state index is 0.569. The van der Waals surface area contributed by atoms with Gasteiger partial charge in [0.15, 0.2) is 0 Å². The summed E-state index contributed by atoms with van der Waals surface area (Å²) in [5, 5.41) is 0. The molecule has 2 atom stereocenters. The van der Waals surface area contributed by atoms with E-state index in [1.165, 1.54) is 12.8 Å². The van der Waals surface area contributed by atoms with Crippen LogP contribution in [0.4, 0.5) is 5.95 Å². The van der Waals surface area contributed by atoms with Gasteiger partial charge in [-0.05, 0) is 31.7 Å². The van der Waals surface area contributed by atoms with Gasteiger partial charge in [-0.1, -0.05) is 13.8 Å². The van der Waals surface area contributed by atoms with E-state index in [0.717, 1.165) is 5.95 Å². The molecular formula is C12H19N3. The molecule has 0 N–H and O–H groups in total. The second-order valence-corrected chi connectivity index (χ2v) is 4.69. The summed E-state index contributed by atoms with van der Waals surface area (Å²) in [7, 11) is 0. The molecule has 0 bridgehead atoms. The maximum Gasteiger partial charge on any atom is 0.225 e. The van der Waals surface area contributed by atoms with Gasteiger partial charge in [0.25, 0.3) is 0 Å². The fourth-order valence-electron chi connectivity index (χ4n) is 2.44. The largest absolute Gasteiger partial charge is 0.335 e. The first-order chi connectivity index (χ1) is 7.20. The predicted octanol–water partition coefficient (Wildman–Crippen LogP) is 2.49. The normalized spacial score (nSPS) is 26.3. The molecule has 0 aromatic carbocycles. The van der Waals surface area contributed by atoms with E-state index >= 15 is 0 Å². The molecule has 2 rings (SSSR count). The van der Waals surface area contributed by atoms with Crippen molar-refractivity contribution in [2.45, 2.75) is 45.7 Å². The molecule has 0 amide bonds. The molecule has 0 spiro atoms. The fourth-order valence-corrected chi connectivity index (χ4v) is 2.44. The summed E-state index contributed by atoms with van der Waals surface area (Å²) < 4.78 is 0. The van der Waals surface area contributed by atoms with Crippen LogP contribution in [-0.2, 0) is 0 Å². The average Bonchev–Trinajstić information content (AvgIpc) is 2.61. The topological polar surface area (TPSA) is 29.0 Å². The molecule has 1 fully saturated rings. The molecule has 1 saturated heterocycles. The maximum absolute atomic E-state index is 4.36. The minimum Gasteiger partial charge on any atom is -0.335 e. The van der Waals surface area contributed by atoms with E-state index in [0.29, 0.717) is 18.0 Å². The molecule has 3 nitrogen and oxygen atoms in total. The summed E-state index contributed by atoms with van der Waals surface area (Å²) in [5.41, 5.74) is 0. The first-order valence-electron chi connectivity index (χ1n) is 5.75. The van der Waals surface area contributed by atoms with Crippen molar-refractivity contribution in [3.8, 4) is 0 Å². The van der Waals surface area contributed by atoms with Crippen molar-refractivity contribution in [2.24, 2.45) is 5.92 Å². The van der Waals surface area contributed by atoms with Crippen molar-refractivity contribution in [1.82, 2.24) is 9.97 Å². The Morgan fingerprint density at radius 2 is 1.93 bits per heavy atom. The minimum absolute atomic E-state index is 0.569. The summed E-state index contributed by atoms with van der Waals surface area (Å²) >= 11 is 0. The highest BCUT2D eigenvalue weighted by atomic mass is 15.3. The number of rotatable bonds is 2. The van der Waals surface area contributed by atoms with Crippen molar-refractivity contribution >= 4 is 5.95 Å². The van der Waals surface area contributed by atoms with Gasteiger partial charge in [0.2, 0.25) is 5.95 Å². The summed E-state index contributed by atoms with van der Waals surface area (Å²) in [6.45, 7) is 6.82. The molecular weight excluding hydrogens is 186 g/mol. The van der Waals surface area contributed by atoms with Crippen LogP contribution in [0.3, 0.4) is 0 Å². The summed E-state index contributed by atoms with van der Waals surface area (Å²) in [4.78, 5) is 11.1. The summed E-state index contributed by atoms with van der Waals surface area (Å²) in [5.74, 6) is 1.56. The molecule has 2 unspecified atom stereocenters. The van der Waals surface area contributed by atoms with Gasteiger partial charge in [0, 0.05) is 24.5 Å². The molecule has 1 aromatic rings. The zero-order chi connectivity index (χ0) is 10.8. The molecule has 0 saturated carbocycles. The van der Waals surface area contributed by atoms with Crippen LogP contribution in [0, 0.1) is 5.92 Å². The first-order valence-corrected chi connectivity index (χ1v) is 5.75. The Bertz CT molecular complexity index is 310. The maximum atomic E-state index is 4.36. The Kier molecular flexibility index (Phi) is 2.89. The van der Waals surface area contributed by atoms with Crippen LogP contribution in [0.2, 0.25) is 0 Å². The second-order valence-electron chi connectivity index (χ2n) is 4.69. The monoisotopic (exact) mass is 205 g/mol. The number of hydrogen-bond acceptors (Lipinski definition) is 3. The Balaban J connectivity index is 2.25. The third-order valence-corrected chi connectivity index (χ3v) is 3.27. The van der Waals surface area contributed by atoms with E-state index in [1.54, 1.807) is 0 Å².